The van der Waals surface area contributed by atoms with Crippen molar-refractivity contribution in [3.63, 3.8) is 0 Å². The summed E-state index contributed by atoms with van der Waals surface area (Å²) in [6.07, 6.45) is 1.78. The Hall–Kier alpha value is -2.72. The number of thioether (sulfide) groups is 1. The zero-order chi connectivity index (χ0) is 24.5. The van der Waals surface area contributed by atoms with Crippen LogP contribution in [0.25, 0.3) is 6.08 Å². The SMILES string of the molecule is Cc1cc(CN2C(=O)COc3ccc(/C=C4/SC(=S)NC4=O)cc32)cc(C)c1CN1CCOCC1. The topological polar surface area (TPSA) is 71.1 Å². The second-order valence-electron chi connectivity index (χ2n) is 8.94. The first-order valence-electron chi connectivity index (χ1n) is 11.6. The van der Waals surface area contributed by atoms with Crippen LogP contribution in [0.2, 0.25) is 0 Å². The molecule has 0 aromatic heterocycles. The number of nitrogens with zero attached hydrogens (tertiary/aromatic N) is 2. The van der Waals surface area contributed by atoms with E-state index in [-0.39, 0.29) is 18.4 Å². The molecule has 2 amide bonds. The molecule has 2 aromatic carbocycles. The second-order valence-corrected chi connectivity index (χ2v) is 10.7. The molecule has 3 aliphatic heterocycles. The van der Waals surface area contributed by atoms with Crippen LogP contribution in [-0.4, -0.2) is 53.9 Å². The summed E-state index contributed by atoms with van der Waals surface area (Å²) in [6, 6.07) is 9.97. The molecule has 3 aliphatic rings. The number of morpholine rings is 1. The predicted octanol–water partition coefficient (Wildman–Crippen LogP) is 3.55. The van der Waals surface area contributed by atoms with E-state index < -0.39 is 0 Å². The van der Waals surface area contributed by atoms with Gasteiger partial charge in [0.25, 0.3) is 11.8 Å². The molecule has 0 unspecified atom stereocenters. The van der Waals surface area contributed by atoms with Gasteiger partial charge in [-0.25, -0.2) is 0 Å². The number of rotatable bonds is 5. The van der Waals surface area contributed by atoms with Crippen molar-refractivity contribution >= 4 is 51.9 Å². The molecule has 1 N–H and O–H groups in total. The number of carbonyl (C=O) groups is 2. The Bertz CT molecular complexity index is 1210. The summed E-state index contributed by atoms with van der Waals surface area (Å²) in [4.78, 5) is 29.7. The van der Waals surface area contributed by atoms with Crippen molar-refractivity contribution in [2.45, 2.75) is 26.9 Å². The molecule has 5 rings (SSSR count). The Morgan fingerprint density at radius 1 is 1.09 bits per heavy atom. The van der Waals surface area contributed by atoms with Gasteiger partial charge in [0.15, 0.2) is 6.61 Å². The highest BCUT2D eigenvalue weighted by Crippen LogP contribution is 2.36. The largest absolute Gasteiger partial charge is 0.482 e. The number of fused-ring (bicyclic) bond motifs is 1. The Labute approximate surface area is 214 Å². The molecule has 9 heteroatoms. The maximum Gasteiger partial charge on any atom is 0.265 e. The minimum atomic E-state index is -0.204. The zero-order valence-corrected chi connectivity index (χ0v) is 21.4. The zero-order valence-electron chi connectivity index (χ0n) is 19.8. The molecule has 2 saturated heterocycles. The van der Waals surface area contributed by atoms with Gasteiger partial charge in [-0.1, -0.05) is 42.2 Å². The van der Waals surface area contributed by atoms with E-state index in [4.69, 9.17) is 21.7 Å². The van der Waals surface area contributed by atoms with Crippen LogP contribution in [0.5, 0.6) is 5.75 Å². The predicted molar refractivity (Wildman–Crippen MR) is 141 cm³/mol. The lowest BCUT2D eigenvalue weighted by Crippen LogP contribution is -2.38. The number of amides is 2. The molecule has 0 spiro atoms. The molecule has 0 bridgehead atoms. The Balaban J connectivity index is 1.40. The smallest absolute Gasteiger partial charge is 0.265 e. The number of anilines is 1. The Morgan fingerprint density at radius 3 is 2.51 bits per heavy atom. The van der Waals surface area contributed by atoms with Gasteiger partial charge in [0, 0.05) is 19.6 Å². The Kier molecular flexibility index (Phi) is 6.93. The third-order valence-electron chi connectivity index (χ3n) is 6.45. The van der Waals surface area contributed by atoms with Crippen molar-refractivity contribution < 1.29 is 19.1 Å². The van der Waals surface area contributed by atoms with Crippen molar-refractivity contribution in [2.75, 3.05) is 37.8 Å². The first kappa shape index (κ1) is 24.0. The summed E-state index contributed by atoms with van der Waals surface area (Å²) in [5, 5.41) is 2.63. The van der Waals surface area contributed by atoms with E-state index >= 15 is 0 Å². The number of hydrogen-bond acceptors (Lipinski definition) is 7. The van der Waals surface area contributed by atoms with Crippen LogP contribution in [0.1, 0.15) is 27.8 Å². The van der Waals surface area contributed by atoms with Crippen molar-refractivity contribution in [1.29, 1.82) is 0 Å². The lowest BCUT2D eigenvalue weighted by Gasteiger charge is -2.31. The third kappa shape index (κ3) is 5.28. The van der Waals surface area contributed by atoms with Crippen LogP contribution in [-0.2, 0) is 27.4 Å². The van der Waals surface area contributed by atoms with Gasteiger partial charge < -0.3 is 19.7 Å². The normalized spacial score (nSPS) is 19.7. The molecule has 2 aromatic rings. The summed E-state index contributed by atoms with van der Waals surface area (Å²) in [7, 11) is 0. The molecular weight excluding hydrogens is 482 g/mol. The molecule has 0 saturated carbocycles. The minimum absolute atomic E-state index is 0.00699. The summed E-state index contributed by atoms with van der Waals surface area (Å²) in [6.45, 7) is 9.11. The summed E-state index contributed by atoms with van der Waals surface area (Å²) >= 11 is 6.32. The van der Waals surface area contributed by atoms with Crippen molar-refractivity contribution in [3.8, 4) is 5.75 Å². The molecular formula is C26H27N3O4S2. The van der Waals surface area contributed by atoms with Crippen molar-refractivity contribution in [1.82, 2.24) is 10.2 Å². The van der Waals surface area contributed by atoms with Gasteiger partial charge in [0.05, 0.1) is 30.4 Å². The van der Waals surface area contributed by atoms with E-state index in [0.29, 0.717) is 27.2 Å². The number of aryl methyl sites for hydroxylation is 2. The van der Waals surface area contributed by atoms with Crippen molar-refractivity contribution in [3.05, 3.63) is 63.1 Å². The highest BCUT2D eigenvalue weighted by molar-refractivity contribution is 8.26. The number of benzene rings is 2. The van der Waals surface area contributed by atoms with Gasteiger partial charge in [0.2, 0.25) is 0 Å². The quantitative estimate of drug-likeness (QED) is 0.488. The van der Waals surface area contributed by atoms with Gasteiger partial charge in [0.1, 0.15) is 10.1 Å². The lowest BCUT2D eigenvalue weighted by atomic mass is 9.98. The maximum atomic E-state index is 12.9. The first-order valence-corrected chi connectivity index (χ1v) is 12.8. The number of thiocarbonyl (C=S) groups is 1. The minimum Gasteiger partial charge on any atom is -0.482 e. The number of carbonyl (C=O) groups excluding carboxylic acids is 2. The van der Waals surface area contributed by atoms with E-state index in [9.17, 15) is 9.59 Å². The van der Waals surface area contributed by atoms with Gasteiger partial charge in [-0.2, -0.15) is 0 Å². The standard InChI is InChI=1S/C26H27N3O4S2/c1-16-9-19(10-17(2)20(16)14-28-5-7-32-8-6-28)13-29-21-11-18(3-4-22(21)33-15-24(29)30)12-23-25(31)27-26(34)35-23/h3-4,9-12H,5-8,13-15H2,1-2H3,(H,27,31,34)/b23-12+. The highest BCUT2D eigenvalue weighted by Gasteiger charge is 2.27. The first-order chi connectivity index (χ1) is 16.9. The number of ether oxygens (including phenoxy) is 2. The van der Waals surface area contributed by atoms with Gasteiger partial charge in [-0.05, 0) is 59.9 Å². The molecule has 7 nitrogen and oxygen atoms in total. The molecule has 182 valence electrons. The highest BCUT2D eigenvalue weighted by atomic mass is 32.2. The van der Waals surface area contributed by atoms with Gasteiger partial charge in [-0.15, -0.1) is 0 Å². The van der Waals surface area contributed by atoms with Crippen LogP contribution >= 0.6 is 24.0 Å². The number of hydrogen-bond donors (Lipinski definition) is 1. The molecule has 0 atom stereocenters. The van der Waals surface area contributed by atoms with E-state index in [2.05, 4.69) is 36.2 Å². The molecule has 0 aliphatic carbocycles. The van der Waals surface area contributed by atoms with E-state index in [0.717, 1.165) is 44.0 Å². The van der Waals surface area contributed by atoms with Crippen LogP contribution in [0.15, 0.2) is 35.2 Å². The average Bonchev–Trinajstić information content (AvgIpc) is 3.15. The molecule has 3 heterocycles. The lowest BCUT2D eigenvalue weighted by molar-refractivity contribution is -0.121. The fourth-order valence-corrected chi connectivity index (χ4v) is 5.69. The van der Waals surface area contributed by atoms with Gasteiger partial charge in [-0.3, -0.25) is 14.5 Å². The monoisotopic (exact) mass is 509 g/mol. The number of nitrogens with one attached hydrogen (secondary N) is 1. The maximum absolute atomic E-state index is 12.9. The molecule has 35 heavy (non-hydrogen) atoms. The summed E-state index contributed by atoms with van der Waals surface area (Å²) < 4.78 is 11.6. The van der Waals surface area contributed by atoms with Crippen LogP contribution < -0.4 is 15.0 Å². The third-order valence-corrected chi connectivity index (χ3v) is 7.61. The average molecular weight is 510 g/mol. The summed E-state index contributed by atoms with van der Waals surface area (Å²) in [5.41, 5.74) is 6.38. The molecule has 2 fully saturated rings. The van der Waals surface area contributed by atoms with E-state index in [1.165, 1.54) is 28.5 Å². The molecule has 0 radical (unpaired) electrons. The van der Waals surface area contributed by atoms with E-state index in [1.54, 1.807) is 11.0 Å². The van der Waals surface area contributed by atoms with Crippen LogP contribution in [0.4, 0.5) is 5.69 Å². The van der Waals surface area contributed by atoms with Gasteiger partial charge >= 0.3 is 0 Å². The fraction of sp³-hybridized carbons (Fsp3) is 0.346. The fourth-order valence-electron chi connectivity index (χ4n) is 4.64. The Morgan fingerprint density at radius 2 is 1.83 bits per heavy atom. The van der Waals surface area contributed by atoms with Crippen LogP contribution in [0.3, 0.4) is 0 Å². The van der Waals surface area contributed by atoms with Crippen molar-refractivity contribution in [2.24, 2.45) is 0 Å². The van der Waals surface area contributed by atoms with Crippen LogP contribution in [0, 0.1) is 13.8 Å². The summed E-state index contributed by atoms with van der Waals surface area (Å²) in [5.74, 6) is 0.359. The van der Waals surface area contributed by atoms with E-state index in [1.807, 2.05) is 18.2 Å². The second kappa shape index (κ2) is 10.1.